The van der Waals surface area contributed by atoms with Crippen molar-refractivity contribution in [3.63, 3.8) is 0 Å². The van der Waals surface area contributed by atoms with Crippen molar-refractivity contribution < 1.29 is 14.3 Å². The molecule has 5 rings (SSSR count). The standard InChI is InChI=1S/C29H28Cl2N2O3/c30-15-18-32(19-16-31)24-12-10-21(11-13-24)20-26(34)36-27-28(35)33-17-14-22-6-4-5-9-25(22)29(27,33)23-7-2-1-3-8-23/h1-13,27H,14-20H2. The summed E-state index contributed by atoms with van der Waals surface area (Å²) in [5.41, 5.74) is 4.19. The molecule has 186 valence electrons. The Morgan fingerprint density at radius 2 is 1.61 bits per heavy atom. The Labute approximate surface area is 221 Å². The van der Waals surface area contributed by atoms with Gasteiger partial charge in [0.15, 0.2) is 0 Å². The predicted molar refractivity (Wildman–Crippen MR) is 143 cm³/mol. The maximum Gasteiger partial charge on any atom is 0.311 e. The van der Waals surface area contributed by atoms with E-state index in [0.717, 1.165) is 28.8 Å². The van der Waals surface area contributed by atoms with Crippen molar-refractivity contribution >= 4 is 40.8 Å². The zero-order valence-corrected chi connectivity index (χ0v) is 21.4. The van der Waals surface area contributed by atoms with Gasteiger partial charge in [0.1, 0.15) is 5.54 Å². The summed E-state index contributed by atoms with van der Waals surface area (Å²) in [6.07, 6.45) is -0.0219. The number of esters is 1. The van der Waals surface area contributed by atoms with Gasteiger partial charge < -0.3 is 14.5 Å². The fraction of sp³-hybridized carbons (Fsp3) is 0.310. The summed E-state index contributed by atoms with van der Waals surface area (Å²) in [4.78, 5) is 30.3. The van der Waals surface area contributed by atoms with E-state index in [0.29, 0.717) is 31.4 Å². The molecule has 2 aliphatic heterocycles. The largest absolute Gasteiger partial charge is 0.449 e. The first-order valence-corrected chi connectivity index (χ1v) is 13.3. The molecule has 0 N–H and O–H groups in total. The second kappa shape index (κ2) is 10.5. The molecule has 2 atom stereocenters. The van der Waals surface area contributed by atoms with Crippen molar-refractivity contribution in [2.24, 2.45) is 0 Å². The van der Waals surface area contributed by atoms with E-state index in [1.54, 1.807) is 0 Å². The fourth-order valence-corrected chi connectivity index (χ4v) is 5.92. The molecule has 1 amide bonds. The number of nitrogens with zero attached hydrogens (tertiary/aromatic N) is 2. The van der Waals surface area contributed by atoms with Crippen molar-refractivity contribution in [1.82, 2.24) is 4.90 Å². The van der Waals surface area contributed by atoms with Crippen LogP contribution in [0.1, 0.15) is 22.3 Å². The van der Waals surface area contributed by atoms with Gasteiger partial charge in [-0.15, -0.1) is 23.2 Å². The smallest absolute Gasteiger partial charge is 0.311 e. The van der Waals surface area contributed by atoms with Crippen LogP contribution >= 0.6 is 23.2 Å². The van der Waals surface area contributed by atoms with E-state index in [1.165, 1.54) is 5.56 Å². The molecule has 3 aromatic rings. The normalized spacial score (nSPS) is 20.2. The van der Waals surface area contributed by atoms with Crippen LogP contribution in [-0.4, -0.2) is 54.3 Å². The van der Waals surface area contributed by atoms with Gasteiger partial charge in [-0.05, 0) is 40.8 Å². The number of rotatable bonds is 9. The average Bonchev–Trinajstić information content (AvgIpc) is 2.91. The van der Waals surface area contributed by atoms with Crippen LogP contribution < -0.4 is 4.90 Å². The first kappa shape index (κ1) is 24.7. The van der Waals surface area contributed by atoms with Gasteiger partial charge in [-0.2, -0.15) is 0 Å². The summed E-state index contributed by atoms with van der Waals surface area (Å²) in [5.74, 6) is 0.445. The molecule has 1 fully saturated rings. The van der Waals surface area contributed by atoms with Gasteiger partial charge in [0.25, 0.3) is 5.91 Å². The number of carbonyl (C=O) groups is 2. The highest BCUT2D eigenvalue weighted by molar-refractivity contribution is 6.18. The number of benzene rings is 3. The zero-order valence-electron chi connectivity index (χ0n) is 19.9. The van der Waals surface area contributed by atoms with Crippen molar-refractivity contribution in [2.45, 2.75) is 24.5 Å². The lowest BCUT2D eigenvalue weighted by molar-refractivity contribution is -0.197. The molecule has 0 saturated carbocycles. The number of carbonyl (C=O) groups excluding carboxylic acids is 2. The third kappa shape index (κ3) is 4.25. The van der Waals surface area contributed by atoms with Gasteiger partial charge >= 0.3 is 5.97 Å². The van der Waals surface area contributed by atoms with Crippen molar-refractivity contribution in [3.05, 3.63) is 101 Å². The Kier molecular flexibility index (Phi) is 7.22. The van der Waals surface area contributed by atoms with E-state index in [-0.39, 0.29) is 12.3 Å². The van der Waals surface area contributed by atoms with Crippen molar-refractivity contribution in [2.75, 3.05) is 36.3 Å². The second-order valence-corrected chi connectivity index (χ2v) is 9.86. The highest BCUT2D eigenvalue weighted by Gasteiger charge is 2.66. The van der Waals surface area contributed by atoms with E-state index in [1.807, 2.05) is 77.7 Å². The molecule has 3 aromatic carbocycles. The lowest BCUT2D eigenvalue weighted by Gasteiger charge is -2.59. The molecule has 0 aromatic heterocycles. The molecular weight excluding hydrogens is 495 g/mol. The quantitative estimate of drug-likeness (QED) is 0.231. The van der Waals surface area contributed by atoms with Crippen LogP contribution in [0.4, 0.5) is 5.69 Å². The molecule has 2 aliphatic rings. The molecule has 1 saturated heterocycles. The molecular formula is C29H28Cl2N2O3. The number of hydrogen-bond donors (Lipinski definition) is 0. The Morgan fingerprint density at radius 1 is 0.944 bits per heavy atom. The van der Waals surface area contributed by atoms with Crippen LogP contribution in [0.5, 0.6) is 0 Å². The molecule has 0 bridgehead atoms. The van der Waals surface area contributed by atoms with E-state index >= 15 is 0 Å². The number of amides is 1. The van der Waals surface area contributed by atoms with Crippen LogP contribution in [0, 0.1) is 0 Å². The molecule has 2 unspecified atom stereocenters. The zero-order chi connectivity index (χ0) is 25.1. The summed E-state index contributed by atoms with van der Waals surface area (Å²) in [6, 6.07) is 25.8. The predicted octanol–water partition coefficient (Wildman–Crippen LogP) is 4.77. The van der Waals surface area contributed by atoms with E-state index < -0.39 is 17.6 Å². The van der Waals surface area contributed by atoms with Crippen molar-refractivity contribution in [3.8, 4) is 0 Å². The third-order valence-corrected chi connectivity index (χ3v) is 7.49. The van der Waals surface area contributed by atoms with E-state index in [4.69, 9.17) is 27.9 Å². The summed E-state index contributed by atoms with van der Waals surface area (Å²) in [6.45, 7) is 1.99. The van der Waals surface area contributed by atoms with Gasteiger partial charge in [-0.1, -0.05) is 66.7 Å². The number of halogens is 2. The molecule has 2 heterocycles. The van der Waals surface area contributed by atoms with Gasteiger partial charge in [0.05, 0.1) is 6.42 Å². The number of β-lactam (4-membered cyclic amide) rings is 1. The maximum absolute atomic E-state index is 13.2. The van der Waals surface area contributed by atoms with Crippen LogP contribution in [-0.2, 0) is 32.7 Å². The number of ether oxygens (including phenoxy) is 1. The van der Waals surface area contributed by atoms with Gasteiger partial charge in [-0.3, -0.25) is 9.59 Å². The summed E-state index contributed by atoms with van der Waals surface area (Å²) < 4.78 is 5.97. The Morgan fingerprint density at radius 3 is 2.31 bits per heavy atom. The average molecular weight is 523 g/mol. The van der Waals surface area contributed by atoms with Crippen molar-refractivity contribution in [1.29, 1.82) is 0 Å². The van der Waals surface area contributed by atoms with Gasteiger partial charge in [0, 0.05) is 37.1 Å². The lowest BCUT2D eigenvalue weighted by Crippen LogP contribution is -2.75. The third-order valence-electron chi connectivity index (χ3n) is 7.15. The minimum Gasteiger partial charge on any atom is -0.449 e. The monoisotopic (exact) mass is 522 g/mol. The SMILES string of the molecule is O=C(Cc1ccc(N(CCCl)CCCl)cc1)OC1C(=O)N2CCc3ccccc3C12c1ccccc1. The lowest BCUT2D eigenvalue weighted by atomic mass is 9.66. The molecule has 0 aliphatic carbocycles. The number of hydrogen-bond acceptors (Lipinski definition) is 4. The maximum atomic E-state index is 13.2. The van der Waals surface area contributed by atoms with E-state index in [9.17, 15) is 9.59 Å². The summed E-state index contributed by atoms with van der Waals surface area (Å²) in [7, 11) is 0. The van der Waals surface area contributed by atoms with Gasteiger partial charge in [0.2, 0.25) is 6.10 Å². The first-order valence-electron chi connectivity index (χ1n) is 12.2. The molecule has 7 heteroatoms. The molecule has 36 heavy (non-hydrogen) atoms. The molecule has 5 nitrogen and oxygen atoms in total. The number of anilines is 1. The van der Waals surface area contributed by atoms with Crippen LogP contribution in [0.3, 0.4) is 0 Å². The highest BCUT2D eigenvalue weighted by Crippen LogP contribution is 2.52. The van der Waals surface area contributed by atoms with Gasteiger partial charge in [-0.25, -0.2) is 0 Å². The number of fused-ring (bicyclic) bond motifs is 3. The van der Waals surface area contributed by atoms with Crippen LogP contribution in [0.25, 0.3) is 0 Å². The fourth-order valence-electron chi connectivity index (χ4n) is 5.51. The van der Waals surface area contributed by atoms with E-state index in [2.05, 4.69) is 11.0 Å². The second-order valence-electron chi connectivity index (χ2n) is 9.11. The summed E-state index contributed by atoms with van der Waals surface area (Å²) >= 11 is 11.8. The Bertz CT molecular complexity index is 1230. The molecule has 0 radical (unpaired) electrons. The van der Waals surface area contributed by atoms with Crippen LogP contribution in [0.15, 0.2) is 78.9 Å². The minimum atomic E-state index is -0.893. The first-order chi connectivity index (χ1) is 17.6. The summed E-state index contributed by atoms with van der Waals surface area (Å²) in [5, 5.41) is 0. The molecule has 0 spiro atoms. The number of alkyl halides is 2. The Balaban J connectivity index is 1.38. The highest BCUT2D eigenvalue weighted by atomic mass is 35.5. The Hall–Kier alpha value is -3.02. The minimum absolute atomic E-state index is 0.0849. The van der Waals surface area contributed by atoms with Crippen LogP contribution in [0.2, 0.25) is 0 Å². The topological polar surface area (TPSA) is 49.9 Å².